The summed E-state index contributed by atoms with van der Waals surface area (Å²) in [7, 11) is 1.78. The van der Waals surface area contributed by atoms with E-state index in [9.17, 15) is 14.4 Å². The lowest BCUT2D eigenvalue weighted by molar-refractivity contribution is -0.136. The molecule has 2 aliphatic heterocycles. The Morgan fingerprint density at radius 1 is 1.26 bits per heavy atom. The first-order chi connectivity index (χ1) is 14.8. The van der Waals surface area contributed by atoms with Crippen molar-refractivity contribution in [3.05, 3.63) is 44.9 Å². The normalized spacial score (nSPS) is 18.1. The fraction of sp³-hybridized carbons (Fsp3) is 0.400. The molecular weight excluding hydrogens is 490 g/mol. The van der Waals surface area contributed by atoms with E-state index in [4.69, 9.17) is 16.7 Å². The van der Waals surface area contributed by atoms with Gasteiger partial charge < -0.3 is 24.8 Å². The van der Waals surface area contributed by atoms with E-state index in [0.29, 0.717) is 53.4 Å². The van der Waals surface area contributed by atoms with Crippen molar-refractivity contribution in [3.63, 3.8) is 0 Å². The standard InChI is InChI=1S/C20H21BrClN5O4/c1-25-15-6-8-26(19(29)11-5-7-27(9-11)20(30)31)10-14(15)23-17(25)18(28)24-13-4-2-3-12(21)16(13)22/h2-4,11H,5-10H2,1H3,(H,24,28)(H,30,31). The van der Waals surface area contributed by atoms with E-state index in [1.807, 2.05) is 0 Å². The predicted molar refractivity (Wildman–Crippen MR) is 117 cm³/mol. The lowest BCUT2D eigenvalue weighted by Crippen LogP contribution is -2.41. The average molecular weight is 511 g/mol. The van der Waals surface area contributed by atoms with Crippen molar-refractivity contribution in [2.24, 2.45) is 13.0 Å². The number of carboxylic acid groups (broad SMARTS) is 1. The molecule has 2 aromatic rings. The Kier molecular flexibility index (Phi) is 5.94. The number of carbonyl (C=O) groups excluding carboxylic acids is 2. The zero-order valence-electron chi connectivity index (χ0n) is 16.8. The quantitative estimate of drug-likeness (QED) is 0.660. The summed E-state index contributed by atoms with van der Waals surface area (Å²) >= 11 is 9.57. The maximum Gasteiger partial charge on any atom is 0.407 e. The molecule has 3 amide bonds. The van der Waals surface area contributed by atoms with Gasteiger partial charge in [-0.3, -0.25) is 9.59 Å². The van der Waals surface area contributed by atoms with Crippen LogP contribution in [0.15, 0.2) is 22.7 Å². The van der Waals surface area contributed by atoms with Crippen LogP contribution >= 0.6 is 27.5 Å². The zero-order chi connectivity index (χ0) is 22.3. The van der Waals surface area contributed by atoms with Crippen LogP contribution in [0.3, 0.4) is 0 Å². The van der Waals surface area contributed by atoms with Crippen molar-refractivity contribution in [1.29, 1.82) is 0 Å². The summed E-state index contributed by atoms with van der Waals surface area (Å²) < 4.78 is 2.42. The van der Waals surface area contributed by atoms with Crippen molar-refractivity contribution in [2.45, 2.75) is 19.4 Å². The van der Waals surface area contributed by atoms with Gasteiger partial charge in [0, 0.05) is 43.3 Å². The molecule has 1 atom stereocenters. The van der Waals surface area contributed by atoms with Gasteiger partial charge >= 0.3 is 6.09 Å². The van der Waals surface area contributed by atoms with E-state index >= 15 is 0 Å². The van der Waals surface area contributed by atoms with E-state index in [0.717, 1.165) is 5.69 Å². The molecule has 1 unspecified atom stereocenters. The molecule has 2 N–H and O–H groups in total. The number of aromatic nitrogens is 2. The number of hydrogen-bond acceptors (Lipinski definition) is 4. The lowest BCUT2D eigenvalue weighted by atomic mass is 10.0. The Labute approximate surface area is 192 Å². The second-order valence-electron chi connectivity index (χ2n) is 7.67. The van der Waals surface area contributed by atoms with Gasteiger partial charge in [0.25, 0.3) is 5.91 Å². The number of nitrogens with zero attached hydrogens (tertiary/aromatic N) is 4. The SMILES string of the molecule is Cn1c(C(=O)Nc2cccc(Br)c2Cl)nc2c1CCN(C(=O)C1CCN(C(=O)O)C1)C2. The topological polar surface area (TPSA) is 108 Å². The van der Waals surface area contributed by atoms with Crippen molar-refractivity contribution in [3.8, 4) is 0 Å². The number of fused-ring (bicyclic) bond motifs is 1. The third-order valence-corrected chi connectivity index (χ3v) is 7.07. The smallest absolute Gasteiger partial charge is 0.407 e. The van der Waals surface area contributed by atoms with Crippen molar-refractivity contribution in [1.82, 2.24) is 19.4 Å². The van der Waals surface area contributed by atoms with Gasteiger partial charge in [-0.05, 0) is 34.5 Å². The van der Waals surface area contributed by atoms with E-state index < -0.39 is 6.09 Å². The van der Waals surface area contributed by atoms with Crippen LogP contribution in [0.25, 0.3) is 0 Å². The fourth-order valence-corrected chi connectivity index (χ4v) is 4.63. The van der Waals surface area contributed by atoms with Crippen LogP contribution < -0.4 is 5.32 Å². The van der Waals surface area contributed by atoms with Gasteiger partial charge in [0.15, 0.2) is 5.82 Å². The molecule has 1 fully saturated rings. The van der Waals surface area contributed by atoms with Crippen LogP contribution in [-0.4, -0.2) is 62.0 Å². The fourth-order valence-electron chi connectivity index (χ4n) is 4.09. The maximum atomic E-state index is 12.9. The number of anilines is 1. The van der Waals surface area contributed by atoms with Gasteiger partial charge in [-0.15, -0.1) is 0 Å². The largest absolute Gasteiger partial charge is 0.465 e. The van der Waals surface area contributed by atoms with E-state index in [1.165, 1.54) is 4.90 Å². The molecule has 0 aliphatic carbocycles. The number of likely N-dealkylation sites (tertiary alicyclic amines) is 1. The molecule has 164 valence electrons. The second-order valence-corrected chi connectivity index (χ2v) is 8.90. The summed E-state index contributed by atoms with van der Waals surface area (Å²) in [5.41, 5.74) is 2.07. The van der Waals surface area contributed by atoms with E-state index in [2.05, 4.69) is 26.2 Å². The molecule has 11 heteroatoms. The summed E-state index contributed by atoms with van der Waals surface area (Å²) in [5, 5.41) is 12.3. The Hall–Kier alpha value is -2.59. The highest BCUT2D eigenvalue weighted by Crippen LogP contribution is 2.30. The Bertz CT molecular complexity index is 1070. The van der Waals surface area contributed by atoms with Crippen LogP contribution in [-0.2, 0) is 24.8 Å². The molecule has 1 aromatic heterocycles. The third-order valence-electron chi connectivity index (χ3n) is 5.78. The molecule has 1 saturated heterocycles. The highest BCUT2D eigenvalue weighted by Gasteiger charge is 2.36. The van der Waals surface area contributed by atoms with Crippen molar-refractivity contribution >= 4 is 51.1 Å². The number of carbonyl (C=O) groups is 3. The Balaban J connectivity index is 1.48. The van der Waals surface area contributed by atoms with Crippen LogP contribution in [0.4, 0.5) is 10.5 Å². The minimum absolute atomic E-state index is 0.0630. The molecule has 9 nitrogen and oxygen atoms in total. The van der Waals surface area contributed by atoms with Crippen LogP contribution in [0.1, 0.15) is 28.4 Å². The zero-order valence-corrected chi connectivity index (χ0v) is 19.1. The number of halogens is 2. The minimum Gasteiger partial charge on any atom is -0.465 e. The molecule has 1 aromatic carbocycles. The lowest BCUT2D eigenvalue weighted by Gasteiger charge is -2.29. The number of nitrogens with one attached hydrogen (secondary N) is 1. The average Bonchev–Trinajstić information content (AvgIpc) is 3.36. The monoisotopic (exact) mass is 509 g/mol. The summed E-state index contributed by atoms with van der Waals surface area (Å²) in [6.45, 7) is 1.40. The maximum absolute atomic E-state index is 12.9. The van der Waals surface area contributed by atoms with E-state index in [1.54, 1.807) is 34.7 Å². The van der Waals surface area contributed by atoms with Crippen LogP contribution in [0.2, 0.25) is 5.02 Å². The van der Waals surface area contributed by atoms with Gasteiger partial charge in [0.2, 0.25) is 5.91 Å². The first-order valence-electron chi connectivity index (χ1n) is 9.82. The van der Waals surface area contributed by atoms with Gasteiger partial charge in [0.05, 0.1) is 28.9 Å². The Morgan fingerprint density at radius 2 is 2.03 bits per heavy atom. The van der Waals surface area contributed by atoms with Crippen molar-refractivity contribution in [2.75, 3.05) is 25.0 Å². The number of rotatable bonds is 3. The minimum atomic E-state index is -0.998. The molecular formula is C20H21BrClN5O4. The highest BCUT2D eigenvalue weighted by molar-refractivity contribution is 9.10. The first-order valence-corrected chi connectivity index (χ1v) is 11.0. The molecule has 4 rings (SSSR count). The van der Waals surface area contributed by atoms with Crippen molar-refractivity contribution < 1.29 is 19.5 Å². The van der Waals surface area contributed by atoms with Gasteiger partial charge in [-0.25, -0.2) is 9.78 Å². The molecule has 3 heterocycles. The highest BCUT2D eigenvalue weighted by atomic mass is 79.9. The summed E-state index contributed by atoms with van der Waals surface area (Å²) in [4.78, 5) is 44.3. The second kappa shape index (κ2) is 8.51. The molecule has 0 radical (unpaired) electrons. The summed E-state index contributed by atoms with van der Waals surface area (Å²) in [5.74, 6) is -0.536. The van der Waals surface area contributed by atoms with Crippen LogP contribution in [0.5, 0.6) is 0 Å². The molecule has 0 saturated carbocycles. The summed E-state index contributed by atoms with van der Waals surface area (Å²) in [6, 6.07) is 5.26. The predicted octanol–water partition coefficient (Wildman–Crippen LogP) is 2.97. The van der Waals surface area contributed by atoms with E-state index in [-0.39, 0.29) is 30.1 Å². The number of amides is 3. The third kappa shape index (κ3) is 4.14. The molecule has 0 bridgehead atoms. The van der Waals surface area contributed by atoms with Crippen LogP contribution in [0, 0.1) is 5.92 Å². The Morgan fingerprint density at radius 3 is 2.74 bits per heavy atom. The molecule has 31 heavy (non-hydrogen) atoms. The van der Waals surface area contributed by atoms with Gasteiger partial charge in [0.1, 0.15) is 0 Å². The summed E-state index contributed by atoms with van der Waals surface area (Å²) in [6.07, 6.45) is 0.102. The molecule has 0 spiro atoms. The van der Waals surface area contributed by atoms with Gasteiger partial charge in [-0.1, -0.05) is 17.7 Å². The van der Waals surface area contributed by atoms with Gasteiger partial charge in [-0.2, -0.15) is 0 Å². The molecule has 2 aliphatic rings. The number of imidazole rings is 1. The first kappa shape index (κ1) is 21.6. The number of hydrogen-bond donors (Lipinski definition) is 2. The number of benzene rings is 1.